The van der Waals surface area contributed by atoms with Gasteiger partial charge in [-0.25, -0.2) is 4.68 Å². The quantitative estimate of drug-likeness (QED) is 0.688. The third-order valence-electron chi connectivity index (χ3n) is 4.70. The standard InChI is InChI=1S/C19H17Cl2N5O/c1-11-16(18(27)25-13-5-3-2-4-6-13)17(26-19(24-11)22-10-23-26)12-7-8-14(20)15(21)9-12/h2-11,16-17H,1H3,(H,25,27)(H,22,23,24)/t11-,16-,17+/m0/s1. The van der Waals surface area contributed by atoms with Crippen molar-refractivity contribution in [2.75, 3.05) is 10.6 Å². The predicted octanol–water partition coefficient (Wildman–Crippen LogP) is 4.24. The van der Waals surface area contributed by atoms with Crippen LogP contribution in [0.1, 0.15) is 18.5 Å². The molecule has 0 radical (unpaired) electrons. The number of carbonyl (C=O) groups excluding carboxylic acids is 1. The van der Waals surface area contributed by atoms with Gasteiger partial charge >= 0.3 is 0 Å². The molecule has 0 aliphatic carbocycles. The van der Waals surface area contributed by atoms with Crippen molar-refractivity contribution in [2.24, 2.45) is 5.92 Å². The first-order valence-electron chi connectivity index (χ1n) is 8.51. The van der Waals surface area contributed by atoms with E-state index in [2.05, 4.69) is 20.7 Å². The number of amides is 1. The first-order valence-corrected chi connectivity index (χ1v) is 9.27. The minimum atomic E-state index is -0.434. The van der Waals surface area contributed by atoms with E-state index in [1.54, 1.807) is 16.8 Å². The summed E-state index contributed by atoms with van der Waals surface area (Å²) in [6.45, 7) is 1.96. The lowest BCUT2D eigenvalue weighted by atomic mass is 9.85. The molecule has 2 aromatic carbocycles. The van der Waals surface area contributed by atoms with Gasteiger partial charge in [-0.05, 0) is 36.8 Å². The van der Waals surface area contributed by atoms with Crippen molar-refractivity contribution in [3.8, 4) is 0 Å². The van der Waals surface area contributed by atoms with Crippen LogP contribution in [0.25, 0.3) is 0 Å². The molecule has 4 rings (SSSR count). The van der Waals surface area contributed by atoms with Gasteiger partial charge in [-0.3, -0.25) is 4.79 Å². The molecule has 3 atom stereocenters. The zero-order valence-electron chi connectivity index (χ0n) is 14.4. The number of nitrogens with zero attached hydrogens (tertiary/aromatic N) is 3. The van der Waals surface area contributed by atoms with Crippen molar-refractivity contribution in [2.45, 2.75) is 19.0 Å². The molecule has 1 aromatic heterocycles. The highest BCUT2D eigenvalue weighted by Crippen LogP contribution is 2.38. The molecule has 6 nitrogen and oxygen atoms in total. The number of carbonyl (C=O) groups is 1. The van der Waals surface area contributed by atoms with Crippen LogP contribution in [0.3, 0.4) is 0 Å². The fourth-order valence-electron chi connectivity index (χ4n) is 3.44. The van der Waals surface area contributed by atoms with Crippen molar-refractivity contribution < 1.29 is 4.79 Å². The molecule has 138 valence electrons. The van der Waals surface area contributed by atoms with Crippen molar-refractivity contribution in [3.63, 3.8) is 0 Å². The van der Waals surface area contributed by atoms with Gasteiger partial charge in [-0.1, -0.05) is 47.5 Å². The summed E-state index contributed by atoms with van der Waals surface area (Å²) < 4.78 is 1.72. The summed E-state index contributed by atoms with van der Waals surface area (Å²) in [5, 5.41) is 11.5. The van der Waals surface area contributed by atoms with E-state index in [0.29, 0.717) is 16.0 Å². The third kappa shape index (κ3) is 3.38. The maximum absolute atomic E-state index is 13.2. The van der Waals surface area contributed by atoms with Crippen LogP contribution in [-0.2, 0) is 4.79 Å². The molecule has 8 heteroatoms. The number of hydrogen-bond donors (Lipinski definition) is 2. The van der Waals surface area contributed by atoms with E-state index in [1.807, 2.05) is 43.3 Å². The van der Waals surface area contributed by atoms with Crippen LogP contribution in [0.15, 0.2) is 54.9 Å². The molecular formula is C19H17Cl2N5O. The lowest BCUT2D eigenvalue weighted by Crippen LogP contribution is -2.46. The summed E-state index contributed by atoms with van der Waals surface area (Å²) in [5.41, 5.74) is 1.59. The molecule has 0 spiro atoms. The Morgan fingerprint density at radius 2 is 1.93 bits per heavy atom. The SMILES string of the molecule is C[C@@H]1Nc2ncnn2[C@H](c2ccc(Cl)c(Cl)c2)[C@H]1C(=O)Nc1ccccc1. The van der Waals surface area contributed by atoms with Crippen LogP contribution >= 0.6 is 23.2 Å². The summed E-state index contributed by atoms with van der Waals surface area (Å²) in [4.78, 5) is 17.4. The van der Waals surface area contributed by atoms with Gasteiger partial charge in [0.1, 0.15) is 6.33 Å². The monoisotopic (exact) mass is 401 g/mol. The van der Waals surface area contributed by atoms with Gasteiger partial charge in [-0.2, -0.15) is 10.1 Å². The molecular weight excluding hydrogens is 385 g/mol. The second-order valence-electron chi connectivity index (χ2n) is 6.46. The molecule has 1 amide bonds. The molecule has 1 aliphatic rings. The lowest BCUT2D eigenvalue weighted by Gasteiger charge is -2.37. The zero-order valence-corrected chi connectivity index (χ0v) is 15.9. The molecule has 0 fully saturated rings. The molecule has 3 aromatic rings. The highest BCUT2D eigenvalue weighted by atomic mass is 35.5. The Morgan fingerprint density at radius 1 is 1.15 bits per heavy atom. The molecule has 2 heterocycles. The van der Waals surface area contributed by atoms with Crippen LogP contribution in [0.5, 0.6) is 0 Å². The van der Waals surface area contributed by atoms with Crippen LogP contribution in [0.2, 0.25) is 10.0 Å². The van der Waals surface area contributed by atoms with Gasteiger partial charge in [0.05, 0.1) is 22.0 Å². The first-order chi connectivity index (χ1) is 13.0. The van der Waals surface area contributed by atoms with Gasteiger partial charge in [0.25, 0.3) is 0 Å². The Morgan fingerprint density at radius 3 is 2.67 bits per heavy atom. The molecule has 27 heavy (non-hydrogen) atoms. The van der Waals surface area contributed by atoms with E-state index in [9.17, 15) is 4.79 Å². The Hall–Kier alpha value is -2.57. The molecule has 2 N–H and O–H groups in total. The van der Waals surface area contributed by atoms with Crippen LogP contribution in [0, 0.1) is 5.92 Å². The fraction of sp³-hybridized carbons (Fsp3) is 0.211. The van der Waals surface area contributed by atoms with Crippen LogP contribution in [0.4, 0.5) is 11.6 Å². The number of rotatable bonds is 3. The molecule has 0 saturated heterocycles. The second-order valence-corrected chi connectivity index (χ2v) is 7.28. The van der Waals surface area contributed by atoms with E-state index >= 15 is 0 Å². The number of aromatic nitrogens is 3. The fourth-order valence-corrected chi connectivity index (χ4v) is 3.74. The van der Waals surface area contributed by atoms with E-state index in [-0.39, 0.29) is 18.0 Å². The number of benzene rings is 2. The molecule has 1 aliphatic heterocycles. The number of para-hydroxylation sites is 1. The summed E-state index contributed by atoms with van der Waals surface area (Å²) in [6, 6.07) is 14.2. The highest BCUT2D eigenvalue weighted by molar-refractivity contribution is 6.42. The predicted molar refractivity (Wildman–Crippen MR) is 106 cm³/mol. The van der Waals surface area contributed by atoms with Crippen LogP contribution < -0.4 is 10.6 Å². The van der Waals surface area contributed by atoms with Crippen molar-refractivity contribution in [1.29, 1.82) is 0 Å². The summed E-state index contributed by atoms with van der Waals surface area (Å²) >= 11 is 12.3. The number of anilines is 2. The summed E-state index contributed by atoms with van der Waals surface area (Å²) in [6.07, 6.45) is 1.47. The Labute approximate surface area is 166 Å². The minimum absolute atomic E-state index is 0.113. The topological polar surface area (TPSA) is 71.8 Å². The largest absolute Gasteiger partial charge is 0.351 e. The van der Waals surface area contributed by atoms with Crippen LogP contribution in [-0.4, -0.2) is 26.7 Å². The highest BCUT2D eigenvalue weighted by Gasteiger charge is 2.41. The average Bonchev–Trinajstić information content (AvgIpc) is 3.11. The number of halogens is 2. The van der Waals surface area contributed by atoms with Gasteiger partial charge < -0.3 is 10.6 Å². The van der Waals surface area contributed by atoms with E-state index in [1.165, 1.54) is 6.33 Å². The van der Waals surface area contributed by atoms with Crippen molar-refractivity contribution in [1.82, 2.24) is 14.8 Å². The zero-order chi connectivity index (χ0) is 19.0. The van der Waals surface area contributed by atoms with Gasteiger partial charge in [0.2, 0.25) is 11.9 Å². The maximum Gasteiger partial charge on any atom is 0.232 e. The number of nitrogens with one attached hydrogen (secondary N) is 2. The second kappa shape index (κ2) is 7.21. The van der Waals surface area contributed by atoms with Crippen molar-refractivity contribution >= 4 is 40.7 Å². The first kappa shape index (κ1) is 17.8. The average molecular weight is 402 g/mol. The molecule has 0 unspecified atom stereocenters. The summed E-state index contributed by atoms with van der Waals surface area (Å²) in [5.74, 6) is 0.0670. The van der Waals surface area contributed by atoms with Gasteiger partial charge in [0.15, 0.2) is 0 Å². The minimum Gasteiger partial charge on any atom is -0.351 e. The van der Waals surface area contributed by atoms with E-state index in [4.69, 9.17) is 23.2 Å². The number of fused-ring (bicyclic) bond motifs is 1. The lowest BCUT2D eigenvalue weighted by molar-refractivity contribution is -0.121. The van der Waals surface area contributed by atoms with Gasteiger partial charge in [-0.15, -0.1) is 0 Å². The summed E-state index contributed by atoms with van der Waals surface area (Å²) in [7, 11) is 0. The Kier molecular flexibility index (Phi) is 4.76. The maximum atomic E-state index is 13.2. The van der Waals surface area contributed by atoms with Crippen molar-refractivity contribution in [3.05, 3.63) is 70.5 Å². The van der Waals surface area contributed by atoms with E-state index in [0.717, 1.165) is 11.3 Å². The van der Waals surface area contributed by atoms with E-state index < -0.39 is 5.92 Å². The normalized spacial score (nSPS) is 21.2. The smallest absolute Gasteiger partial charge is 0.232 e. The molecule has 0 saturated carbocycles. The van der Waals surface area contributed by atoms with Gasteiger partial charge in [0, 0.05) is 11.7 Å². The molecule has 0 bridgehead atoms. The third-order valence-corrected chi connectivity index (χ3v) is 5.44. The number of hydrogen-bond acceptors (Lipinski definition) is 4. The Balaban J connectivity index is 1.75. The Bertz CT molecular complexity index is 975.